The molecule has 5 nitrogen and oxygen atoms in total. The highest BCUT2D eigenvalue weighted by molar-refractivity contribution is 5.98. The summed E-state index contributed by atoms with van der Waals surface area (Å²) in [5, 5.41) is 0. The van der Waals surface area contributed by atoms with Crippen molar-refractivity contribution in [3.8, 4) is 0 Å². The van der Waals surface area contributed by atoms with Gasteiger partial charge in [0.1, 0.15) is 17.3 Å². The van der Waals surface area contributed by atoms with Gasteiger partial charge in [-0.3, -0.25) is 20.4 Å². The van der Waals surface area contributed by atoms with Crippen LogP contribution in [-0.2, 0) is 0 Å². The van der Waals surface area contributed by atoms with E-state index >= 15 is 0 Å². The molecule has 0 aliphatic carbocycles. The molecular formula is C12H9F2N3O2. The number of H-pyrrole nitrogens is 1. The van der Waals surface area contributed by atoms with Crippen LogP contribution < -0.4 is 10.9 Å². The second-order valence-corrected chi connectivity index (χ2v) is 3.65. The molecule has 2 amide bonds. The Morgan fingerprint density at radius 2 is 1.63 bits per heavy atom. The smallest absolute Gasteiger partial charge is 0.286 e. The second kappa shape index (κ2) is 5.30. The van der Waals surface area contributed by atoms with Gasteiger partial charge in [-0.25, -0.2) is 8.78 Å². The van der Waals surface area contributed by atoms with Gasteiger partial charge >= 0.3 is 0 Å². The van der Waals surface area contributed by atoms with E-state index in [4.69, 9.17) is 0 Å². The lowest BCUT2D eigenvalue weighted by atomic mass is 10.2. The molecule has 0 aliphatic heterocycles. The lowest BCUT2D eigenvalue weighted by Gasteiger charge is -2.06. The van der Waals surface area contributed by atoms with Gasteiger partial charge in [-0.2, -0.15) is 0 Å². The van der Waals surface area contributed by atoms with Crippen molar-refractivity contribution >= 4 is 11.8 Å². The van der Waals surface area contributed by atoms with Crippen molar-refractivity contribution in [3.63, 3.8) is 0 Å². The van der Waals surface area contributed by atoms with E-state index in [1.54, 1.807) is 12.3 Å². The van der Waals surface area contributed by atoms with Crippen molar-refractivity contribution in [3.05, 3.63) is 59.4 Å². The van der Waals surface area contributed by atoms with Crippen molar-refractivity contribution in [2.24, 2.45) is 0 Å². The van der Waals surface area contributed by atoms with Gasteiger partial charge in [0.2, 0.25) is 0 Å². The van der Waals surface area contributed by atoms with E-state index in [0.717, 1.165) is 12.1 Å². The molecule has 3 N–H and O–H groups in total. The standard InChI is InChI=1S/C12H9F2N3O2/c13-8-4-7(5-9(14)6-8)11(18)16-17-12(19)10-2-1-3-15-10/h1-6,15H,(H,16,18)(H,17,19). The number of rotatable bonds is 2. The fraction of sp³-hybridized carbons (Fsp3) is 0. The van der Waals surface area contributed by atoms with Gasteiger partial charge in [-0.15, -0.1) is 0 Å². The number of halogens is 2. The summed E-state index contributed by atoms with van der Waals surface area (Å²) in [6, 6.07) is 5.48. The third-order valence-electron chi connectivity index (χ3n) is 2.26. The van der Waals surface area contributed by atoms with Crippen molar-refractivity contribution < 1.29 is 18.4 Å². The molecular weight excluding hydrogens is 256 g/mol. The minimum absolute atomic E-state index is 0.232. The highest BCUT2D eigenvalue weighted by Gasteiger charge is 2.11. The van der Waals surface area contributed by atoms with Gasteiger partial charge in [0.05, 0.1) is 0 Å². The molecule has 0 saturated heterocycles. The van der Waals surface area contributed by atoms with Crippen LogP contribution in [-0.4, -0.2) is 16.8 Å². The maximum atomic E-state index is 12.9. The quantitative estimate of drug-likeness (QED) is 0.717. The van der Waals surface area contributed by atoms with E-state index in [-0.39, 0.29) is 11.3 Å². The number of nitrogens with one attached hydrogen (secondary N) is 3. The fourth-order valence-corrected chi connectivity index (χ4v) is 1.41. The number of carbonyl (C=O) groups excluding carboxylic acids is 2. The lowest BCUT2D eigenvalue weighted by Crippen LogP contribution is -2.41. The molecule has 1 aromatic carbocycles. The summed E-state index contributed by atoms with van der Waals surface area (Å²) in [5.41, 5.74) is 4.17. The molecule has 0 atom stereocenters. The van der Waals surface area contributed by atoms with Crippen LogP contribution in [0.2, 0.25) is 0 Å². The Kier molecular flexibility index (Phi) is 3.56. The first-order valence-corrected chi connectivity index (χ1v) is 5.26. The van der Waals surface area contributed by atoms with Gasteiger partial charge < -0.3 is 4.98 Å². The van der Waals surface area contributed by atoms with Crippen molar-refractivity contribution in [1.82, 2.24) is 15.8 Å². The number of benzene rings is 1. The Hall–Kier alpha value is -2.70. The summed E-state index contributed by atoms with van der Waals surface area (Å²) < 4.78 is 25.8. The molecule has 0 aliphatic rings. The third kappa shape index (κ3) is 3.15. The summed E-state index contributed by atoms with van der Waals surface area (Å²) in [5.74, 6) is -3.14. The van der Waals surface area contributed by atoms with Gasteiger partial charge in [0, 0.05) is 17.8 Å². The van der Waals surface area contributed by atoms with Crippen LogP contribution in [0.4, 0.5) is 8.78 Å². The minimum atomic E-state index is -0.874. The molecule has 0 saturated carbocycles. The molecule has 7 heteroatoms. The Bertz CT molecular complexity index is 591. The molecule has 98 valence electrons. The van der Waals surface area contributed by atoms with Crippen molar-refractivity contribution in [2.75, 3.05) is 0 Å². The minimum Gasteiger partial charge on any atom is -0.357 e. The van der Waals surface area contributed by atoms with Crippen molar-refractivity contribution in [1.29, 1.82) is 0 Å². The Labute approximate surface area is 106 Å². The van der Waals surface area contributed by atoms with Gasteiger partial charge in [0.25, 0.3) is 11.8 Å². The molecule has 1 heterocycles. The molecule has 0 radical (unpaired) electrons. The zero-order valence-corrected chi connectivity index (χ0v) is 9.54. The number of amides is 2. The van der Waals surface area contributed by atoms with E-state index in [1.165, 1.54) is 6.07 Å². The molecule has 19 heavy (non-hydrogen) atoms. The van der Waals surface area contributed by atoms with Crippen LogP contribution in [0.15, 0.2) is 36.5 Å². The van der Waals surface area contributed by atoms with Crippen LogP contribution in [0.25, 0.3) is 0 Å². The second-order valence-electron chi connectivity index (χ2n) is 3.65. The molecule has 0 unspecified atom stereocenters. The van der Waals surface area contributed by atoms with Crippen LogP contribution in [0, 0.1) is 11.6 Å². The molecule has 2 aromatic rings. The maximum Gasteiger partial charge on any atom is 0.286 e. The van der Waals surface area contributed by atoms with Crippen LogP contribution in [0.1, 0.15) is 20.8 Å². The Morgan fingerprint density at radius 1 is 1.00 bits per heavy atom. The number of aromatic nitrogens is 1. The normalized spacial score (nSPS) is 10.0. The van der Waals surface area contributed by atoms with E-state index < -0.39 is 23.4 Å². The predicted octanol–water partition coefficient (Wildman–Crippen LogP) is 1.37. The van der Waals surface area contributed by atoms with Gasteiger partial charge in [0.15, 0.2) is 0 Å². The molecule has 1 aromatic heterocycles. The summed E-state index contributed by atoms with van der Waals surface area (Å²) in [6.07, 6.45) is 1.54. The largest absolute Gasteiger partial charge is 0.357 e. The first-order chi connectivity index (χ1) is 9.06. The molecule has 0 fully saturated rings. The van der Waals surface area contributed by atoms with E-state index in [0.29, 0.717) is 6.07 Å². The van der Waals surface area contributed by atoms with E-state index in [9.17, 15) is 18.4 Å². The van der Waals surface area contributed by atoms with E-state index in [2.05, 4.69) is 10.4 Å². The average molecular weight is 265 g/mol. The molecule has 2 rings (SSSR count). The van der Waals surface area contributed by atoms with E-state index in [1.807, 2.05) is 5.43 Å². The summed E-state index contributed by atoms with van der Waals surface area (Å²) in [6.45, 7) is 0. The van der Waals surface area contributed by atoms with Crippen LogP contribution in [0.5, 0.6) is 0 Å². The predicted molar refractivity (Wildman–Crippen MR) is 62.1 cm³/mol. The maximum absolute atomic E-state index is 12.9. The number of hydrogen-bond donors (Lipinski definition) is 3. The lowest BCUT2D eigenvalue weighted by molar-refractivity contribution is 0.0844. The third-order valence-corrected chi connectivity index (χ3v) is 2.26. The summed E-state index contributed by atoms with van der Waals surface area (Å²) in [7, 11) is 0. The number of aromatic amines is 1. The Balaban J connectivity index is 2.00. The van der Waals surface area contributed by atoms with Gasteiger partial charge in [-0.05, 0) is 24.3 Å². The highest BCUT2D eigenvalue weighted by atomic mass is 19.1. The van der Waals surface area contributed by atoms with Crippen LogP contribution in [0.3, 0.4) is 0 Å². The topological polar surface area (TPSA) is 74.0 Å². The fourth-order valence-electron chi connectivity index (χ4n) is 1.41. The van der Waals surface area contributed by atoms with Crippen molar-refractivity contribution in [2.45, 2.75) is 0 Å². The Morgan fingerprint density at radius 3 is 2.21 bits per heavy atom. The number of carbonyl (C=O) groups is 2. The number of hydrogen-bond acceptors (Lipinski definition) is 2. The van der Waals surface area contributed by atoms with Crippen LogP contribution >= 0.6 is 0 Å². The first-order valence-electron chi connectivity index (χ1n) is 5.26. The zero-order chi connectivity index (χ0) is 13.8. The number of hydrazine groups is 1. The molecule has 0 bridgehead atoms. The zero-order valence-electron chi connectivity index (χ0n) is 9.54. The first kappa shape index (κ1) is 12.7. The summed E-state index contributed by atoms with van der Waals surface area (Å²) >= 11 is 0. The van der Waals surface area contributed by atoms with Gasteiger partial charge in [-0.1, -0.05) is 0 Å². The SMILES string of the molecule is O=C(NNC(=O)c1ccc[nH]1)c1cc(F)cc(F)c1. The molecule has 0 spiro atoms. The average Bonchev–Trinajstić information content (AvgIpc) is 2.88. The monoisotopic (exact) mass is 265 g/mol. The highest BCUT2D eigenvalue weighted by Crippen LogP contribution is 2.07. The summed E-state index contributed by atoms with van der Waals surface area (Å²) in [4.78, 5) is 25.7.